The molecule has 3 atom stereocenters. The van der Waals surface area contributed by atoms with Crippen molar-refractivity contribution < 1.29 is 22.7 Å². The number of aliphatic hydroxyl groups excluding tert-OH is 1. The van der Waals surface area contributed by atoms with Gasteiger partial charge in [-0.05, 0) is 34.9 Å². The van der Waals surface area contributed by atoms with Crippen molar-refractivity contribution >= 4 is 15.9 Å². The van der Waals surface area contributed by atoms with E-state index < -0.39 is 27.9 Å². The molecule has 0 spiro atoms. The summed E-state index contributed by atoms with van der Waals surface area (Å²) in [5, 5.41) is 9.97. The van der Waals surface area contributed by atoms with Crippen LogP contribution in [0.3, 0.4) is 0 Å². The molecular weight excluding hydrogens is 443 g/mol. The maximum absolute atomic E-state index is 13.6. The lowest BCUT2D eigenvalue weighted by Gasteiger charge is -2.58. The Kier molecular flexibility index (Phi) is 5.52. The first kappa shape index (κ1) is 21.8. The molecule has 0 aliphatic carbocycles. The Morgan fingerprint density at radius 1 is 0.939 bits per heavy atom. The van der Waals surface area contributed by atoms with Crippen LogP contribution in [0.2, 0.25) is 0 Å². The molecule has 8 heteroatoms. The minimum atomic E-state index is -4.03. The van der Waals surface area contributed by atoms with Crippen molar-refractivity contribution in [3.05, 3.63) is 90.2 Å². The van der Waals surface area contributed by atoms with Crippen molar-refractivity contribution in [1.29, 1.82) is 0 Å². The SMILES string of the molecule is O=C1CN(S(=O)(=O)c2cccc(F)c2)C[C@H]2[C@@H](c3ccc(-c4ccccc4)cc3)[C@@H](CO)N12. The molecule has 0 saturated carbocycles. The second-order valence-electron chi connectivity index (χ2n) is 8.39. The summed E-state index contributed by atoms with van der Waals surface area (Å²) in [7, 11) is -4.03. The molecule has 6 nitrogen and oxygen atoms in total. The number of carbonyl (C=O) groups is 1. The fraction of sp³-hybridized carbons (Fsp3) is 0.240. The van der Waals surface area contributed by atoms with Gasteiger partial charge in [0.1, 0.15) is 5.82 Å². The number of halogens is 1. The zero-order chi connectivity index (χ0) is 23.2. The standard InChI is InChI=1S/C25H23FN2O4S/c26-20-7-4-8-21(13-20)33(31,32)27-14-22-25(23(16-29)28(22)24(30)15-27)19-11-9-18(10-12-19)17-5-2-1-3-6-17/h1-13,22-23,25,29H,14-16H2/t22-,23+,25+/m0/s1. The first-order valence-corrected chi connectivity index (χ1v) is 12.2. The zero-order valence-electron chi connectivity index (χ0n) is 17.7. The summed E-state index contributed by atoms with van der Waals surface area (Å²) < 4.78 is 40.9. The molecule has 0 radical (unpaired) electrons. The van der Waals surface area contributed by atoms with Crippen LogP contribution in [-0.2, 0) is 14.8 Å². The number of carbonyl (C=O) groups excluding carboxylic acids is 1. The fourth-order valence-corrected chi connectivity index (χ4v) is 6.40. The third kappa shape index (κ3) is 3.74. The van der Waals surface area contributed by atoms with E-state index in [-0.39, 0.29) is 36.4 Å². The third-order valence-corrected chi connectivity index (χ3v) is 8.37. The van der Waals surface area contributed by atoms with Crippen LogP contribution in [0, 0.1) is 5.82 Å². The molecular formula is C25H23FN2O4S. The Hall–Kier alpha value is -3.07. The average molecular weight is 467 g/mol. The number of fused-ring (bicyclic) bond motifs is 1. The van der Waals surface area contributed by atoms with Gasteiger partial charge in [-0.15, -0.1) is 0 Å². The molecule has 5 rings (SSSR count). The summed E-state index contributed by atoms with van der Waals surface area (Å²) >= 11 is 0. The number of amides is 1. The van der Waals surface area contributed by atoms with Crippen LogP contribution in [0.5, 0.6) is 0 Å². The predicted octanol–water partition coefficient (Wildman–Crippen LogP) is 2.85. The number of benzene rings is 3. The molecule has 3 aromatic rings. The van der Waals surface area contributed by atoms with Crippen LogP contribution >= 0.6 is 0 Å². The molecule has 0 unspecified atom stereocenters. The van der Waals surface area contributed by atoms with Crippen LogP contribution < -0.4 is 0 Å². The van der Waals surface area contributed by atoms with Gasteiger partial charge >= 0.3 is 0 Å². The van der Waals surface area contributed by atoms with E-state index >= 15 is 0 Å². The Labute approximate surface area is 191 Å². The van der Waals surface area contributed by atoms with E-state index in [0.29, 0.717) is 0 Å². The van der Waals surface area contributed by atoms with Crippen molar-refractivity contribution in [2.24, 2.45) is 0 Å². The van der Waals surface area contributed by atoms with Gasteiger partial charge in [-0.25, -0.2) is 12.8 Å². The lowest BCUT2D eigenvalue weighted by Crippen LogP contribution is -2.73. The second kappa shape index (κ2) is 8.37. The summed E-state index contributed by atoms with van der Waals surface area (Å²) in [5.41, 5.74) is 3.07. The highest BCUT2D eigenvalue weighted by Crippen LogP contribution is 2.44. The normalized spacial score (nSPS) is 23.2. The lowest BCUT2D eigenvalue weighted by molar-refractivity contribution is -0.158. The monoisotopic (exact) mass is 466 g/mol. The van der Waals surface area contributed by atoms with Gasteiger partial charge in [-0.1, -0.05) is 60.7 Å². The predicted molar refractivity (Wildman–Crippen MR) is 121 cm³/mol. The minimum Gasteiger partial charge on any atom is -0.394 e. The number of nitrogens with zero attached hydrogens (tertiary/aromatic N) is 2. The number of aliphatic hydroxyl groups is 1. The molecule has 170 valence electrons. The van der Waals surface area contributed by atoms with Crippen molar-refractivity contribution in [3.63, 3.8) is 0 Å². The summed E-state index contributed by atoms with van der Waals surface area (Å²) in [6.07, 6.45) is 0. The van der Waals surface area contributed by atoms with Gasteiger partial charge in [-0.2, -0.15) is 4.31 Å². The molecule has 0 bridgehead atoms. The number of piperazine rings is 1. The van der Waals surface area contributed by atoms with Gasteiger partial charge < -0.3 is 10.0 Å². The largest absolute Gasteiger partial charge is 0.394 e. The van der Waals surface area contributed by atoms with Crippen molar-refractivity contribution in [2.45, 2.75) is 22.9 Å². The molecule has 2 aliphatic rings. The molecule has 1 amide bonds. The van der Waals surface area contributed by atoms with Gasteiger partial charge in [0.2, 0.25) is 15.9 Å². The number of rotatable bonds is 5. The highest BCUT2D eigenvalue weighted by molar-refractivity contribution is 7.89. The third-order valence-electron chi connectivity index (χ3n) is 6.56. The van der Waals surface area contributed by atoms with Crippen molar-refractivity contribution in [3.8, 4) is 11.1 Å². The van der Waals surface area contributed by atoms with E-state index in [0.717, 1.165) is 27.1 Å². The maximum Gasteiger partial charge on any atom is 0.243 e. The van der Waals surface area contributed by atoms with Gasteiger partial charge in [0.05, 0.1) is 30.1 Å². The van der Waals surface area contributed by atoms with Gasteiger partial charge in [0, 0.05) is 12.5 Å². The summed E-state index contributed by atoms with van der Waals surface area (Å²) in [5.74, 6) is -1.21. The molecule has 2 saturated heterocycles. The molecule has 2 fully saturated rings. The van der Waals surface area contributed by atoms with Crippen molar-refractivity contribution in [2.75, 3.05) is 19.7 Å². The highest BCUT2D eigenvalue weighted by Gasteiger charge is 2.55. The van der Waals surface area contributed by atoms with Gasteiger partial charge in [0.15, 0.2) is 0 Å². The van der Waals surface area contributed by atoms with Crippen LogP contribution in [0.25, 0.3) is 11.1 Å². The van der Waals surface area contributed by atoms with Gasteiger partial charge in [0.25, 0.3) is 0 Å². The fourth-order valence-electron chi connectivity index (χ4n) is 4.96. The summed E-state index contributed by atoms with van der Waals surface area (Å²) in [6, 6.07) is 21.9. The van der Waals surface area contributed by atoms with E-state index in [1.54, 1.807) is 4.90 Å². The van der Waals surface area contributed by atoms with Crippen LogP contribution in [0.1, 0.15) is 11.5 Å². The molecule has 0 aromatic heterocycles. The molecule has 3 aromatic carbocycles. The van der Waals surface area contributed by atoms with Crippen LogP contribution in [-0.4, -0.2) is 60.4 Å². The second-order valence-corrected chi connectivity index (χ2v) is 10.3. The maximum atomic E-state index is 13.6. The first-order chi connectivity index (χ1) is 15.9. The lowest BCUT2D eigenvalue weighted by atomic mass is 9.74. The van der Waals surface area contributed by atoms with E-state index in [4.69, 9.17) is 0 Å². The van der Waals surface area contributed by atoms with Gasteiger partial charge in [-0.3, -0.25) is 4.79 Å². The average Bonchev–Trinajstić information content (AvgIpc) is 2.81. The number of sulfonamides is 1. The van der Waals surface area contributed by atoms with E-state index in [1.165, 1.54) is 18.2 Å². The smallest absolute Gasteiger partial charge is 0.243 e. The van der Waals surface area contributed by atoms with Crippen molar-refractivity contribution in [1.82, 2.24) is 9.21 Å². The Balaban J connectivity index is 1.43. The molecule has 2 aliphatic heterocycles. The number of hydrogen-bond acceptors (Lipinski definition) is 4. The first-order valence-electron chi connectivity index (χ1n) is 10.7. The van der Waals surface area contributed by atoms with E-state index in [1.807, 2.05) is 54.6 Å². The van der Waals surface area contributed by atoms with E-state index in [9.17, 15) is 22.7 Å². The minimum absolute atomic E-state index is 0.0895. The Morgan fingerprint density at radius 3 is 2.30 bits per heavy atom. The Morgan fingerprint density at radius 2 is 1.64 bits per heavy atom. The highest BCUT2D eigenvalue weighted by atomic mass is 32.2. The summed E-state index contributed by atoms with van der Waals surface area (Å²) in [4.78, 5) is 14.2. The zero-order valence-corrected chi connectivity index (χ0v) is 18.5. The topological polar surface area (TPSA) is 77.9 Å². The van der Waals surface area contributed by atoms with E-state index in [2.05, 4.69) is 0 Å². The quantitative estimate of drug-likeness (QED) is 0.627. The molecule has 1 N–H and O–H groups in total. The molecule has 2 heterocycles. The van der Waals surface area contributed by atoms with Crippen LogP contribution in [0.4, 0.5) is 4.39 Å². The number of hydrogen-bond donors (Lipinski definition) is 1. The summed E-state index contributed by atoms with van der Waals surface area (Å²) in [6.45, 7) is -0.443. The van der Waals surface area contributed by atoms with Crippen LogP contribution in [0.15, 0.2) is 83.8 Å². The molecule has 33 heavy (non-hydrogen) atoms. The Bertz CT molecular complexity index is 1280.